The molecule has 15 heavy (non-hydrogen) atoms. The van der Waals surface area contributed by atoms with Gasteiger partial charge in [0.15, 0.2) is 0 Å². The first kappa shape index (κ1) is 11.2. The molecule has 0 heterocycles. The minimum Gasteiger partial charge on any atom is -0.461 e. The van der Waals surface area contributed by atoms with Gasteiger partial charge in [-0.05, 0) is 5.56 Å². The molecule has 0 spiro atoms. The van der Waals surface area contributed by atoms with E-state index in [1.165, 1.54) is 0 Å². The minimum absolute atomic E-state index is 0.234. The number of carbonyl (C=O) groups is 1. The molecule has 0 atom stereocenters. The molecule has 0 aliphatic carbocycles. The Labute approximate surface area is 89.9 Å². The van der Waals surface area contributed by atoms with E-state index >= 15 is 0 Å². The maximum atomic E-state index is 11.1. The predicted molar refractivity (Wildman–Crippen MR) is 61.2 cm³/mol. The van der Waals surface area contributed by atoms with Gasteiger partial charge < -0.3 is 4.74 Å². The van der Waals surface area contributed by atoms with Gasteiger partial charge in [-0.15, -0.1) is 0 Å². The van der Waals surface area contributed by atoms with Crippen LogP contribution in [-0.4, -0.2) is 12.6 Å². The Bertz CT molecular complexity index is 339. The van der Waals surface area contributed by atoms with Gasteiger partial charge in [-0.2, -0.15) is 0 Å². The number of esters is 1. The molecule has 78 valence electrons. The minimum atomic E-state index is -0.234. The summed E-state index contributed by atoms with van der Waals surface area (Å²) in [6, 6.07) is 9.82. The Hall–Kier alpha value is -1.83. The zero-order valence-corrected chi connectivity index (χ0v) is 8.56. The molecule has 0 saturated heterocycles. The van der Waals surface area contributed by atoms with Gasteiger partial charge >= 0.3 is 5.97 Å². The monoisotopic (exact) mass is 202 g/mol. The summed E-state index contributed by atoms with van der Waals surface area (Å²) < 4.78 is 4.82. The van der Waals surface area contributed by atoms with Crippen LogP contribution < -0.4 is 0 Å². The molecule has 2 nitrogen and oxygen atoms in total. The van der Waals surface area contributed by atoms with Crippen LogP contribution in [0.5, 0.6) is 0 Å². The molecule has 0 saturated carbocycles. The van der Waals surface area contributed by atoms with Crippen molar-refractivity contribution >= 4 is 12.0 Å². The Balaban J connectivity index is 2.33. The molecule has 0 aliphatic rings. The number of rotatable bonds is 5. The van der Waals surface area contributed by atoms with Crippen molar-refractivity contribution in [3.8, 4) is 0 Å². The zero-order valence-electron chi connectivity index (χ0n) is 8.56. The maximum absolute atomic E-state index is 11.1. The van der Waals surface area contributed by atoms with Crippen LogP contribution in [0, 0.1) is 0 Å². The summed E-state index contributed by atoms with van der Waals surface area (Å²) in [7, 11) is 0. The first-order valence-corrected chi connectivity index (χ1v) is 4.81. The van der Waals surface area contributed by atoms with E-state index in [1.54, 1.807) is 12.2 Å². The summed E-state index contributed by atoms with van der Waals surface area (Å²) in [6.45, 7) is 3.74. The van der Waals surface area contributed by atoms with E-state index in [0.717, 1.165) is 5.56 Å². The predicted octanol–water partition coefficient (Wildman–Crippen LogP) is 2.82. The Morgan fingerprint density at radius 3 is 2.73 bits per heavy atom. The molecule has 0 aliphatic heterocycles. The number of benzene rings is 1. The number of hydrogen-bond acceptors (Lipinski definition) is 2. The van der Waals surface area contributed by atoms with Gasteiger partial charge in [-0.25, -0.2) is 0 Å². The van der Waals surface area contributed by atoms with Gasteiger partial charge in [0, 0.05) is 0 Å². The quantitative estimate of drug-likeness (QED) is 0.542. The van der Waals surface area contributed by atoms with Gasteiger partial charge in [0.1, 0.15) is 6.61 Å². The number of hydrogen-bond donors (Lipinski definition) is 0. The van der Waals surface area contributed by atoms with Crippen molar-refractivity contribution in [3.05, 3.63) is 54.6 Å². The van der Waals surface area contributed by atoms with E-state index < -0.39 is 0 Å². The number of ether oxygens (including phenoxy) is 1. The molecule has 1 aromatic rings. The van der Waals surface area contributed by atoms with Crippen LogP contribution in [0.25, 0.3) is 6.08 Å². The van der Waals surface area contributed by atoms with Crippen molar-refractivity contribution in [1.29, 1.82) is 0 Å². The second kappa shape index (κ2) is 6.60. The first-order chi connectivity index (χ1) is 7.33. The fourth-order valence-electron chi connectivity index (χ4n) is 1.07. The average molecular weight is 202 g/mol. The summed E-state index contributed by atoms with van der Waals surface area (Å²) in [5.74, 6) is -0.234. The first-order valence-electron chi connectivity index (χ1n) is 4.81. The molecular formula is C13H14O2. The topological polar surface area (TPSA) is 26.3 Å². The van der Waals surface area contributed by atoms with E-state index in [4.69, 9.17) is 4.74 Å². The van der Waals surface area contributed by atoms with Crippen molar-refractivity contribution < 1.29 is 9.53 Å². The van der Waals surface area contributed by atoms with Crippen molar-refractivity contribution in [1.82, 2.24) is 0 Å². The maximum Gasteiger partial charge on any atom is 0.309 e. The highest BCUT2D eigenvalue weighted by molar-refractivity contribution is 5.72. The highest BCUT2D eigenvalue weighted by Gasteiger charge is 1.96. The molecular weight excluding hydrogens is 188 g/mol. The summed E-state index contributed by atoms with van der Waals surface area (Å²) in [4.78, 5) is 11.1. The lowest BCUT2D eigenvalue weighted by atomic mass is 10.2. The third-order valence-corrected chi connectivity index (χ3v) is 1.76. The van der Waals surface area contributed by atoms with Crippen LogP contribution in [0.3, 0.4) is 0 Å². The Morgan fingerprint density at radius 1 is 1.33 bits per heavy atom. The van der Waals surface area contributed by atoms with E-state index in [2.05, 4.69) is 6.58 Å². The normalized spacial score (nSPS) is 10.1. The van der Waals surface area contributed by atoms with E-state index in [-0.39, 0.29) is 12.6 Å². The summed E-state index contributed by atoms with van der Waals surface area (Å²) in [6.07, 6.45) is 5.54. The molecule has 0 unspecified atom stereocenters. The molecule has 1 aromatic carbocycles. The molecule has 0 radical (unpaired) electrons. The van der Waals surface area contributed by atoms with Gasteiger partial charge in [0.25, 0.3) is 0 Å². The van der Waals surface area contributed by atoms with E-state index in [0.29, 0.717) is 6.42 Å². The van der Waals surface area contributed by atoms with Crippen LogP contribution >= 0.6 is 0 Å². The molecule has 0 bridgehead atoms. The lowest BCUT2D eigenvalue weighted by molar-refractivity contribution is -0.141. The summed E-state index contributed by atoms with van der Waals surface area (Å²) in [5.41, 5.74) is 1.08. The van der Waals surface area contributed by atoms with Crippen molar-refractivity contribution in [2.45, 2.75) is 6.42 Å². The van der Waals surface area contributed by atoms with Crippen LogP contribution in [0.4, 0.5) is 0 Å². The fraction of sp³-hybridized carbons (Fsp3) is 0.154. The molecule has 0 aromatic heterocycles. The highest BCUT2D eigenvalue weighted by atomic mass is 16.5. The van der Waals surface area contributed by atoms with Crippen LogP contribution in [0.2, 0.25) is 0 Å². The Morgan fingerprint density at radius 2 is 2.07 bits per heavy atom. The molecule has 0 fully saturated rings. The van der Waals surface area contributed by atoms with Crippen LogP contribution in [0.15, 0.2) is 49.1 Å². The zero-order chi connectivity index (χ0) is 10.9. The van der Waals surface area contributed by atoms with Crippen molar-refractivity contribution in [2.24, 2.45) is 0 Å². The summed E-state index contributed by atoms with van der Waals surface area (Å²) >= 11 is 0. The third kappa shape index (κ3) is 4.81. The molecule has 0 amide bonds. The highest BCUT2D eigenvalue weighted by Crippen LogP contribution is 2.02. The third-order valence-electron chi connectivity index (χ3n) is 1.76. The second-order valence-electron chi connectivity index (χ2n) is 2.99. The fourth-order valence-corrected chi connectivity index (χ4v) is 1.07. The van der Waals surface area contributed by atoms with Crippen molar-refractivity contribution in [3.63, 3.8) is 0 Å². The van der Waals surface area contributed by atoms with Gasteiger partial charge in [0.05, 0.1) is 6.42 Å². The summed E-state index contributed by atoms with van der Waals surface area (Å²) in [5, 5.41) is 0. The molecule has 2 heteroatoms. The van der Waals surface area contributed by atoms with Gasteiger partial charge in [0.2, 0.25) is 0 Å². The van der Waals surface area contributed by atoms with Crippen LogP contribution in [0.1, 0.15) is 12.0 Å². The molecule has 1 rings (SSSR count). The smallest absolute Gasteiger partial charge is 0.309 e. The lowest BCUT2D eigenvalue weighted by Crippen LogP contribution is -2.01. The van der Waals surface area contributed by atoms with E-state index in [1.807, 2.05) is 36.4 Å². The standard InChI is InChI=1S/C13H14O2/c1-2-11-15-13(14)10-6-9-12-7-4-3-5-8-12/h2-9H,1,10-11H2. The molecule has 0 N–H and O–H groups in total. The SMILES string of the molecule is C=CCOC(=O)CC=Cc1ccccc1. The largest absolute Gasteiger partial charge is 0.461 e. The lowest BCUT2D eigenvalue weighted by Gasteiger charge is -1.97. The van der Waals surface area contributed by atoms with Gasteiger partial charge in [-0.3, -0.25) is 4.79 Å². The second-order valence-corrected chi connectivity index (χ2v) is 2.99. The number of carbonyl (C=O) groups excluding carboxylic acids is 1. The Kier molecular flexibility index (Phi) is 4.95. The average Bonchev–Trinajstić information content (AvgIpc) is 2.28. The van der Waals surface area contributed by atoms with Crippen LogP contribution in [-0.2, 0) is 9.53 Å². The van der Waals surface area contributed by atoms with Crippen molar-refractivity contribution in [2.75, 3.05) is 6.61 Å². The van der Waals surface area contributed by atoms with E-state index in [9.17, 15) is 4.79 Å². The van der Waals surface area contributed by atoms with Gasteiger partial charge in [-0.1, -0.05) is 55.1 Å².